The predicted octanol–water partition coefficient (Wildman–Crippen LogP) is 1.53. The zero-order valence-electron chi connectivity index (χ0n) is 10.1. The Kier molecular flexibility index (Phi) is 5.31. The first-order chi connectivity index (χ1) is 8.95. The average molecular weight is 274 g/mol. The fourth-order valence-electron chi connectivity index (χ4n) is 1.37. The first-order valence-electron chi connectivity index (χ1n) is 5.44. The molecule has 19 heavy (non-hydrogen) atoms. The van der Waals surface area contributed by atoms with E-state index in [9.17, 15) is 23.7 Å². The van der Waals surface area contributed by atoms with Crippen LogP contribution in [0.1, 0.15) is 12.5 Å². The van der Waals surface area contributed by atoms with Crippen molar-refractivity contribution in [3.05, 3.63) is 39.4 Å². The second-order valence-corrected chi connectivity index (χ2v) is 3.56. The Morgan fingerprint density at radius 2 is 2.11 bits per heavy atom. The van der Waals surface area contributed by atoms with Gasteiger partial charge in [-0.3, -0.25) is 14.9 Å². The van der Waals surface area contributed by atoms with Crippen molar-refractivity contribution in [2.75, 3.05) is 13.2 Å². The zero-order chi connectivity index (χ0) is 14.4. The number of rotatable bonds is 6. The number of nitro benzene ring substituents is 1. The molecule has 0 spiro atoms. The highest BCUT2D eigenvalue weighted by atomic mass is 19.1. The lowest BCUT2D eigenvalue weighted by molar-refractivity contribution is -0.387. The third-order valence-electron chi connectivity index (χ3n) is 2.20. The Hall–Kier alpha value is -2.09. The smallest absolute Gasteiger partial charge is 0.319 e. The van der Waals surface area contributed by atoms with Crippen LogP contribution in [-0.4, -0.2) is 24.0 Å². The summed E-state index contributed by atoms with van der Waals surface area (Å²) in [7, 11) is 0. The number of esters is 1. The van der Waals surface area contributed by atoms with Crippen LogP contribution in [0.2, 0.25) is 0 Å². The molecule has 0 fully saturated rings. The van der Waals surface area contributed by atoms with E-state index in [-0.39, 0.29) is 25.3 Å². The van der Waals surface area contributed by atoms with Gasteiger partial charge in [-0.15, -0.1) is 0 Å². The standard InChI is InChI=1S/C11H12F2N2O4/c1-2-19-11(16)6-14-5-7-3-10(15(17)18)9(13)4-8(7)12/h3-4,14H,2,5-6H2,1H3. The first kappa shape index (κ1) is 15.0. The van der Waals surface area contributed by atoms with E-state index in [1.807, 2.05) is 0 Å². The summed E-state index contributed by atoms with van der Waals surface area (Å²) in [5.74, 6) is -2.68. The Bertz CT molecular complexity index is 494. The molecule has 1 aromatic rings. The molecule has 104 valence electrons. The summed E-state index contributed by atoms with van der Waals surface area (Å²) in [5, 5.41) is 13.1. The predicted molar refractivity (Wildman–Crippen MR) is 61.4 cm³/mol. The molecule has 0 aliphatic heterocycles. The third-order valence-corrected chi connectivity index (χ3v) is 2.20. The van der Waals surface area contributed by atoms with E-state index in [0.29, 0.717) is 6.07 Å². The molecule has 0 aliphatic carbocycles. The molecule has 0 unspecified atom stereocenters. The number of carbonyl (C=O) groups is 1. The van der Waals surface area contributed by atoms with Gasteiger partial charge in [0, 0.05) is 24.2 Å². The molecular weight excluding hydrogens is 262 g/mol. The van der Waals surface area contributed by atoms with Crippen LogP contribution in [-0.2, 0) is 16.1 Å². The second kappa shape index (κ2) is 6.74. The number of nitro groups is 1. The van der Waals surface area contributed by atoms with Crippen molar-refractivity contribution in [3.63, 3.8) is 0 Å². The van der Waals surface area contributed by atoms with Crippen molar-refractivity contribution in [1.82, 2.24) is 5.32 Å². The van der Waals surface area contributed by atoms with Crippen LogP contribution in [0.5, 0.6) is 0 Å². The molecule has 6 nitrogen and oxygen atoms in total. The molecule has 8 heteroatoms. The van der Waals surface area contributed by atoms with Crippen LogP contribution in [0.15, 0.2) is 12.1 Å². The minimum atomic E-state index is -1.24. The van der Waals surface area contributed by atoms with E-state index in [4.69, 9.17) is 0 Å². The SMILES string of the molecule is CCOC(=O)CNCc1cc([N+](=O)[O-])c(F)cc1F. The highest BCUT2D eigenvalue weighted by molar-refractivity contribution is 5.71. The molecular formula is C11H12F2N2O4. The van der Waals surface area contributed by atoms with Crippen LogP contribution in [0, 0.1) is 21.7 Å². The van der Waals surface area contributed by atoms with Gasteiger partial charge in [-0.05, 0) is 6.92 Å². The van der Waals surface area contributed by atoms with E-state index >= 15 is 0 Å². The highest BCUT2D eigenvalue weighted by Gasteiger charge is 2.18. The number of nitrogens with one attached hydrogen (secondary N) is 1. The lowest BCUT2D eigenvalue weighted by atomic mass is 10.2. The minimum Gasteiger partial charge on any atom is -0.465 e. The van der Waals surface area contributed by atoms with Crippen molar-refractivity contribution in [1.29, 1.82) is 0 Å². The van der Waals surface area contributed by atoms with Crippen LogP contribution in [0.25, 0.3) is 0 Å². The number of carbonyl (C=O) groups excluding carboxylic acids is 1. The van der Waals surface area contributed by atoms with Crippen LogP contribution in [0.4, 0.5) is 14.5 Å². The molecule has 0 aliphatic rings. The van der Waals surface area contributed by atoms with Gasteiger partial charge in [-0.25, -0.2) is 4.39 Å². The zero-order valence-corrected chi connectivity index (χ0v) is 10.1. The summed E-state index contributed by atoms with van der Waals surface area (Å²) in [5.41, 5.74) is -0.910. The van der Waals surface area contributed by atoms with Crippen LogP contribution in [0.3, 0.4) is 0 Å². The van der Waals surface area contributed by atoms with E-state index in [1.165, 1.54) is 0 Å². The molecule has 0 saturated heterocycles. The number of nitrogens with zero attached hydrogens (tertiary/aromatic N) is 1. The Morgan fingerprint density at radius 1 is 1.42 bits per heavy atom. The van der Waals surface area contributed by atoms with Crippen LogP contribution < -0.4 is 5.32 Å². The van der Waals surface area contributed by atoms with Crippen molar-refractivity contribution in [2.24, 2.45) is 0 Å². The third kappa shape index (κ3) is 4.25. The Balaban J connectivity index is 2.70. The summed E-state index contributed by atoms with van der Waals surface area (Å²) in [6, 6.07) is 1.24. The molecule has 0 amide bonds. The Morgan fingerprint density at radius 3 is 2.68 bits per heavy atom. The van der Waals surface area contributed by atoms with E-state index in [0.717, 1.165) is 6.07 Å². The minimum absolute atomic E-state index is 0.0996. The van der Waals surface area contributed by atoms with Gasteiger partial charge < -0.3 is 10.1 Å². The summed E-state index contributed by atoms with van der Waals surface area (Å²) in [4.78, 5) is 20.6. The molecule has 0 atom stereocenters. The summed E-state index contributed by atoms with van der Waals surface area (Å²) in [6.07, 6.45) is 0. The van der Waals surface area contributed by atoms with Crippen molar-refractivity contribution < 1.29 is 23.2 Å². The second-order valence-electron chi connectivity index (χ2n) is 3.56. The van der Waals surface area contributed by atoms with E-state index in [1.54, 1.807) is 6.92 Å². The maximum Gasteiger partial charge on any atom is 0.319 e. The molecule has 0 aromatic heterocycles. The maximum atomic E-state index is 13.3. The molecule has 1 aromatic carbocycles. The fraction of sp³-hybridized carbons (Fsp3) is 0.364. The maximum absolute atomic E-state index is 13.3. The normalized spacial score (nSPS) is 10.3. The molecule has 0 heterocycles. The van der Waals surface area contributed by atoms with E-state index < -0.39 is 28.2 Å². The lowest BCUT2D eigenvalue weighted by Gasteiger charge is -2.06. The number of halogens is 2. The molecule has 0 saturated carbocycles. The van der Waals surface area contributed by atoms with Gasteiger partial charge in [0.05, 0.1) is 18.1 Å². The summed E-state index contributed by atoms with van der Waals surface area (Å²) >= 11 is 0. The first-order valence-corrected chi connectivity index (χ1v) is 5.44. The average Bonchev–Trinajstić information content (AvgIpc) is 2.31. The van der Waals surface area contributed by atoms with Crippen molar-refractivity contribution in [3.8, 4) is 0 Å². The van der Waals surface area contributed by atoms with E-state index in [2.05, 4.69) is 10.1 Å². The molecule has 0 radical (unpaired) electrons. The van der Waals surface area contributed by atoms with Gasteiger partial charge in [0.15, 0.2) is 0 Å². The van der Waals surface area contributed by atoms with Gasteiger partial charge in [0.25, 0.3) is 0 Å². The molecule has 1 N–H and O–H groups in total. The van der Waals surface area contributed by atoms with Crippen molar-refractivity contribution in [2.45, 2.75) is 13.5 Å². The summed E-state index contributed by atoms with van der Waals surface area (Å²) in [6.45, 7) is 1.54. The summed E-state index contributed by atoms with van der Waals surface area (Å²) < 4.78 is 31.0. The Labute approximate surface area is 107 Å². The lowest BCUT2D eigenvalue weighted by Crippen LogP contribution is -2.24. The quantitative estimate of drug-likeness (QED) is 0.483. The van der Waals surface area contributed by atoms with Gasteiger partial charge in [0.2, 0.25) is 5.82 Å². The highest BCUT2D eigenvalue weighted by Crippen LogP contribution is 2.21. The number of benzene rings is 1. The fourth-order valence-corrected chi connectivity index (χ4v) is 1.37. The number of hydrogen-bond acceptors (Lipinski definition) is 5. The van der Waals surface area contributed by atoms with Crippen molar-refractivity contribution >= 4 is 11.7 Å². The number of hydrogen-bond donors (Lipinski definition) is 1. The molecule has 0 bridgehead atoms. The van der Waals surface area contributed by atoms with Gasteiger partial charge >= 0.3 is 11.7 Å². The monoisotopic (exact) mass is 274 g/mol. The van der Waals surface area contributed by atoms with Gasteiger partial charge in [-0.2, -0.15) is 4.39 Å². The number of ether oxygens (including phenoxy) is 1. The van der Waals surface area contributed by atoms with Crippen LogP contribution >= 0.6 is 0 Å². The van der Waals surface area contributed by atoms with Gasteiger partial charge in [-0.1, -0.05) is 0 Å². The topological polar surface area (TPSA) is 81.5 Å². The van der Waals surface area contributed by atoms with Gasteiger partial charge in [0.1, 0.15) is 5.82 Å². The largest absolute Gasteiger partial charge is 0.465 e. The molecule has 1 rings (SSSR count).